The number of alkyl halides is 1. The maximum absolute atomic E-state index is 11.5. The van der Waals surface area contributed by atoms with Crippen LogP contribution in [0.5, 0.6) is 11.5 Å². The van der Waals surface area contributed by atoms with E-state index >= 15 is 0 Å². The summed E-state index contributed by atoms with van der Waals surface area (Å²) >= 11 is 6.89. The smallest absolute Gasteiger partial charge is 0.196 e. The van der Waals surface area contributed by atoms with Gasteiger partial charge in [-0.2, -0.15) is 0 Å². The van der Waals surface area contributed by atoms with Crippen molar-refractivity contribution < 1.29 is 14.3 Å². The number of carbonyl (C=O) groups excluding carboxylic acids is 1. The molecule has 2 aromatic rings. The normalized spacial score (nSPS) is 10.3. The van der Waals surface area contributed by atoms with Gasteiger partial charge in [0.2, 0.25) is 0 Å². The molecule has 0 aliphatic carbocycles. The van der Waals surface area contributed by atoms with Gasteiger partial charge in [0.15, 0.2) is 5.78 Å². The molecular formula is C13H12ClNO3S. The predicted octanol–water partition coefficient (Wildman–Crippen LogP) is 3.25. The lowest BCUT2D eigenvalue weighted by molar-refractivity contribution is 0.101. The van der Waals surface area contributed by atoms with Crippen LogP contribution in [-0.4, -0.2) is 30.9 Å². The van der Waals surface area contributed by atoms with Crippen LogP contribution in [0.15, 0.2) is 23.6 Å². The minimum atomic E-state index is -0.184. The summed E-state index contributed by atoms with van der Waals surface area (Å²) in [5.74, 6) is 1.10. The molecule has 0 saturated heterocycles. The fourth-order valence-electron chi connectivity index (χ4n) is 1.57. The number of nitrogens with zero attached hydrogens (tertiary/aromatic N) is 1. The molecule has 1 aromatic carbocycles. The van der Waals surface area contributed by atoms with E-state index in [1.54, 1.807) is 25.7 Å². The lowest BCUT2D eigenvalue weighted by atomic mass is 10.2. The molecule has 0 spiro atoms. The van der Waals surface area contributed by atoms with Gasteiger partial charge in [0.05, 0.1) is 25.7 Å². The van der Waals surface area contributed by atoms with E-state index in [1.807, 2.05) is 12.1 Å². The minimum absolute atomic E-state index is 0.0665. The maximum Gasteiger partial charge on any atom is 0.196 e. The largest absolute Gasteiger partial charge is 0.497 e. The third-order valence-electron chi connectivity index (χ3n) is 2.55. The van der Waals surface area contributed by atoms with Gasteiger partial charge in [-0.15, -0.1) is 22.9 Å². The lowest BCUT2D eigenvalue weighted by Gasteiger charge is -2.08. The maximum atomic E-state index is 11.5. The molecule has 0 radical (unpaired) electrons. The number of benzene rings is 1. The average molecular weight is 298 g/mol. The highest BCUT2D eigenvalue weighted by molar-refractivity contribution is 7.13. The zero-order valence-corrected chi connectivity index (χ0v) is 12.0. The third-order valence-corrected chi connectivity index (χ3v) is 3.67. The molecule has 0 N–H and O–H groups in total. The molecule has 0 aliphatic rings. The van der Waals surface area contributed by atoms with Crippen molar-refractivity contribution >= 4 is 28.7 Å². The monoisotopic (exact) mass is 297 g/mol. The molecule has 1 aromatic heterocycles. The van der Waals surface area contributed by atoms with E-state index < -0.39 is 0 Å². The van der Waals surface area contributed by atoms with Crippen molar-refractivity contribution in [3.05, 3.63) is 29.3 Å². The van der Waals surface area contributed by atoms with Crippen molar-refractivity contribution in [3.8, 4) is 22.1 Å². The van der Waals surface area contributed by atoms with Crippen molar-refractivity contribution in [1.29, 1.82) is 0 Å². The number of thiazole rings is 1. The van der Waals surface area contributed by atoms with E-state index in [4.69, 9.17) is 21.1 Å². The van der Waals surface area contributed by atoms with Crippen LogP contribution in [0.3, 0.4) is 0 Å². The van der Waals surface area contributed by atoms with E-state index in [1.165, 1.54) is 11.3 Å². The summed E-state index contributed by atoms with van der Waals surface area (Å²) in [5, 5.41) is 2.41. The first-order chi connectivity index (χ1) is 9.19. The minimum Gasteiger partial charge on any atom is -0.497 e. The summed E-state index contributed by atoms with van der Waals surface area (Å²) in [5.41, 5.74) is 1.20. The molecule has 0 amide bonds. The second-order valence-corrected chi connectivity index (χ2v) is 4.79. The van der Waals surface area contributed by atoms with Gasteiger partial charge in [0.1, 0.15) is 22.2 Å². The summed E-state index contributed by atoms with van der Waals surface area (Å²) < 4.78 is 10.5. The summed E-state index contributed by atoms with van der Waals surface area (Å²) in [6, 6.07) is 5.45. The SMILES string of the molecule is COc1ccc(-c2nc(C(=O)CCl)cs2)c(OC)c1. The quantitative estimate of drug-likeness (QED) is 0.628. The summed E-state index contributed by atoms with van der Waals surface area (Å²) in [4.78, 5) is 15.8. The second-order valence-electron chi connectivity index (χ2n) is 3.66. The lowest BCUT2D eigenvalue weighted by Crippen LogP contribution is -2.00. The van der Waals surface area contributed by atoms with Gasteiger partial charge >= 0.3 is 0 Å². The van der Waals surface area contributed by atoms with Crippen LogP contribution < -0.4 is 9.47 Å². The van der Waals surface area contributed by atoms with Gasteiger partial charge in [-0.3, -0.25) is 4.79 Å². The summed E-state index contributed by atoms with van der Waals surface area (Å²) in [7, 11) is 3.17. The van der Waals surface area contributed by atoms with Gasteiger partial charge in [-0.05, 0) is 12.1 Å². The molecule has 6 heteroatoms. The van der Waals surface area contributed by atoms with E-state index in [0.29, 0.717) is 22.2 Å². The standard InChI is InChI=1S/C13H12ClNO3S/c1-17-8-3-4-9(12(5-8)18-2)13-15-10(7-19-13)11(16)6-14/h3-5,7H,6H2,1-2H3. The van der Waals surface area contributed by atoms with Gasteiger partial charge in [-0.1, -0.05) is 0 Å². The van der Waals surface area contributed by atoms with Crippen molar-refractivity contribution in [2.24, 2.45) is 0 Å². The van der Waals surface area contributed by atoms with Crippen LogP contribution >= 0.6 is 22.9 Å². The zero-order valence-electron chi connectivity index (χ0n) is 10.5. The molecule has 1 heterocycles. The second kappa shape index (κ2) is 6.04. The Kier molecular flexibility index (Phi) is 4.39. The molecule has 4 nitrogen and oxygen atoms in total. The molecular weight excluding hydrogens is 286 g/mol. The summed E-state index contributed by atoms with van der Waals surface area (Å²) in [6.45, 7) is 0. The molecule has 100 valence electrons. The fraction of sp³-hybridized carbons (Fsp3) is 0.231. The Balaban J connectivity index is 2.41. The molecule has 0 aliphatic heterocycles. The van der Waals surface area contributed by atoms with Crippen molar-refractivity contribution in [2.45, 2.75) is 0 Å². The number of hydrogen-bond donors (Lipinski definition) is 0. The van der Waals surface area contributed by atoms with Gasteiger partial charge in [0.25, 0.3) is 0 Å². The Bertz CT molecular complexity index is 597. The van der Waals surface area contributed by atoms with Crippen molar-refractivity contribution in [3.63, 3.8) is 0 Å². The van der Waals surface area contributed by atoms with Crippen LogP contribution in [0.4, 0.5) is 0 Å². The zero-order chi connectivity index (χ0) is 13.8. The third kappa shape index (κ3) is 2.88. The molecule has 0 fully saturated rings. The fourth-order valence-corrected chi connectivity index (χ4v) is 2.56. The molecule has 0 unspecified atom stereocenters. The van der Waals surface area contributed by atoms with Gasteiger partial charge in [-0.25, -0.2) is 4.98 Å². The number of methoxy groups -OCH3 is 2. The van der Waals surface area contributed by atoms with Crippen LogP contribution in [0.2, 0.25) is 0 Å². The Labute approximate surface area is 120 Å². The number of ether oxygens (including phenoxy) is 2. The first kappa shape index (κ1) is 13.8. The number of Topliss-reactive ketones (excluding diaryl/α,β-unsaturated/α-hetero) is 1. The van der Waals surface area contributed by atoms with Crippen LogP contribution in [0, 0.1) is 0 Å². The van der Waals surface area contributed by atoms with Crippen LogP contribution in [0.25, 0.3) is 10.6 Å². The van der Waals surface area contributed by atoms with E-state index in [0.717, 1.165) is 5.56 Å². The summed E-state index contributed by atoms with van der Waals surface area (Å²) in [6.07, 6.45) is 0. The van der Waals surface area contributed by atoms with E-state index in [-0.39, 0.29) is 11.7 Å². The van der Waals surface area contributed by atoms with E-state index in [9.17, 15) is 4.79 Å². The number of carbonyl (C=O) groups is 1. The first-order valence-electron chi connectivity index (χ1n) is 5.46. The number of halogens is 1. The molecule has 0 atom stereocenters. The number of hydrogen-bond acceptors (Lipinski definition) is 5. The predicted molar refractivity (Wildman–Crippen MR) is 75.7 cm³/mol. The van der Waals surface area contributed by atoms with Crippen LogP contribution in [-0.2, 0) is 0 Å². The number of aromatic nitrogens is 1. The van der Waals surface area contributed by atoms with Crippen molar-refractivity contribution in [2.75, 3.05) is 20.1 Å². The first-order valence-corrected chi connectivity index (χ1v) is 6.88. The highest BCUT2D eigenvalue weighted by Crippen LogP contribution is 2.35. The Morgan fingerprint density at radius 1 is 1.37 bits per heavy atom. The highest BCUT2D eigenvalue weighted by atomic mass is 35.5. The molecule has 19 heavy (non-hydrogen) atoms. The van der Waals surface area contributed by atoms with Gasteiger partial charge < -0.3 is 9.47 Å². The molecule has 0 bridgehead atoms. The van der Waals surface area contributed by atoms with Gasteiger partial charge in [0, 0.05) is 11.4 Å². The number of rotatable bonds is 5. The van der Waals surface area contributed by atoms with Crippen molar-refractivity contribution in [1.82, 2.24) is 4.98 Å². The highest BCUT2D eigenvalue weighted by Gasteiger charge is 2.14. The Morgan fingerprint density at radius 2 is 2.16 bits per heavy atom. The average Bonchev–Trinajstić information content (AvgIpc) is 2.95. The van der Waals surface area contributed by atoms with Crippen LogP contribution in [0.1, 0.15) is 10.5 Å². The molecule has 0 saturated carbocycles. The Hall–Kier alpha value is -1.59. The van der Waals surface area contributed by atoms with E-state index in [2.05, 4.69) is 4.98 Å². The number of ketones is 1. The Morgan fingerprint density at radius 3 is 2.79 bits per heavy atom. The topological polar surface area (TPSA) is 48.4 Å². The molecule has 2 rings (SSSR count).